The largest absolute Gasteiger partial charge is 0.361 e. The first kappa shape index (κ1) is 18.4. The summed E-state index contributed by atoms with van der Waals surface area (Å²) in [5.41, 5.74) is 0. The highest BCUT2D eigenvalue weighted by molar-refractivity contribution is 6.76. The van der Waals surface area contributed by atoms with E-state index in [4.69, 9.17) is 4.74 Å². The fourth-order valence-corrected chi connectivity index (χ4v) is 3.05. The van der Waals surface area contributed by atoms with Crippen LogP contribution in [0.5, 0.6) is 0 Å². The summed E-state index contributed by atoms with van der Waals surface area (Å²) in [6, 6.07) is 1.23. The van der Waals surface area contributed by atoms with Crippen LogP contribution in [0.2, 0.25) is 25.7 Å². The first-order valence-corrected chi connectivity index (χ1v) is 12.3. The summed E-state index contributed by atoms with van der Waals surface area (Å²) >= 11 is 0. The Morgan fingerprint density at radius 1 is 1.10 bits per heavy atom. The highest BCUT2D eigenvalue weighted by Crippen LogP contribution is 2.10. The molecule has 0 aromatic carbocycles. The van der Waals surface area contributed by atoms with E-state index in [-0.39, 0.29) is 0 Å². The normalized spacial score (nSPS) is 12.0. The van der Waals surface area contributed by atoms with Gasteiger partial charge in [0.15, 0.2) is 0 Å². The van der Waals surface area contributed by atoms with Gasteiger partial charge in [-0.25, -0.2) is 4.98 Å². The van der Waals surface area contributed by atoms with Gasteiger partial charge in [-0.2, -0.15) is 0 Å². The molecule has 0 fully saturated rings. The maximum absolute atomic E-state index is 5.81. The maximum atomic E-state index is 5.81. The number of hydrogen-bond donors (Lipinski definition) is 0. The van der Waals surface area contributed by atoms with Crippen molar-refractivity contribution in [2.24, 2.45) is 0 Å². The fourth-order valence-electron chi connectivity index (χ4n) is 2.29. The topological polar surface area (TPSA) is 27.1 Å². The number of unbranched alkanes of at least 4 members (excludes halogenated alkanes) is 5. The molecular weight excluding hydrogens is 276 g/mol. The molecule has 0 N–H and O–H groups in total. The standard InChI is InChI=1S/C17H34N2OSi/c1-5-6-7-8-9-10-11-17-18-12-13-19(17)16-20-14-15-21(2,3)4/h12-13H,5-11,14-16H2,1-4H3. The minimum absolute atomic E-state index is 0.662. The molecule has 21 heavy (non-hydrogen) atoms. The van der Waals surface area contributed by atoms with Gasteiger partial charge in [-0.3, -0.25) is 0 Å². The van der Waals surface area contributed by atoms with Gasteiger partial charge in [0.1, 0.15) is 12.6 Å². The molecule has 0 spiro atoms. The van der Waals surface area contributed by atoms with Crippen molar-refractivity contribution in [2.75, 3.05) is 6.61 Å². The summed E-state index contributed by atoms with van der Waals surface area (Å²) in [6.07, 6.45) is 13.0. The van der Waals surface area contributed by atoms with E-state index in [0.717, 1.165) is 13.0 Å². The van der Waals surface area contributed by atoms with E-state index in [1.165, 1.54) is 50.4 Å². The molecule has 0 saturated carbocycles. The molecule has 1 rings (SSSR count). The van der Waals surface area contributed by atoms with E-state index in [9.17, 15) is 0 Å². The van der Waals surface area contributed by atoms with Crippen LogP contribution in [0.1, 0.15) is 51.3 Å². The van der Waals surface area contributed by atoms with Crippen molar-refractivity contribution in [1.29, 1.82) is 0 Å². The molecule has 0 unspecified atom stereocenters. The second-order valence-corrected chi connectivity index (χ2v) is 12.8. The SMILES string of the molecule is CCCCCCCCc1nccn1COCC[Si](C)(C)C. The van der Waals surface area contributed by atoms with Crippen LogP contribution in [0, 0.1) is 0 Å². The number of aromatic nitrogens is 2. The minimum Gasteiger partial charge on any atom is -0.361 e. The van der Waals surface area contributed by atoms with Crippen LogP contribution in [0.4, 0.5) is 0 Å². The van der Waals surface area contributed by atoms with Crippen LogP contribution >= 0.6 is 0 Å². The summed E-state index contributed by atoms with van der Waals surface area (Å²) in [7, 11) is -0.980. The van der Waals surface area contributed by atoms with Crippen LogP contribution in [0.3, 0.4) is 0 Å². The second-order valence-electron chi connectivity index (χ2n) is 7.18. The number of nitrogens with zero attached hydrogens (tertiary/aromatic N) is 2. The van der Waals surface area contributed by atoms with E-state index in [2.05, 4.69) is 36.1 Å². The highest BCUT2D eigenvalue weighted by atomic mass is 28.3. The fraction of sp³-hybridized carbons (Fsp3) is 0.824. The maximum Gasteiger partial charge on any atom is 0.123 e. The zero-order valence-electron chi connectivity index (χ0n) is 14.5. The van der Waals surface area contributed by atoms with Crippen molar-refractivity contribution in [3.05, 3.63) is 18.2 Å². The number of hydrogen-bond acceptors (Lipinski definition) is 2. The Morgan fingerprint density at radius 2 is 1.81 bits per heavy atom. The zero-order chi connectivity index (χ0) is 15.6. The molecule has 122 valence electrons. The Balaban J connectivity index is 2.17. The van der Waals surface area contributed by atoms with Gasteiger partial charge in [-0.1, -0.05) is 58.7 Å². The van der Waals surface area contributed by atoms with Gasteiger partial charge in [0.25, 0.3) is 0 Å². The molecule has 1 heterocycles. The number of imidazole rings is 1. The van der Waals surface area contributed by atoms with Crippen LogP contribution < -0.4 is 0 Å². The van der Waals surface area contributed by atoms with E-state index >= 15 is 0 Å². The van der Waals surface area contributed by atoms with Gasteiger partial charge < -0.3 is 9.30 Å². The first-order valence-electron chi connectivity index (χ1n) is 8.60. The average molecular weight is 311 g/mol. The molecule has 0 bridgehead atoms. The van der Waals surface area contributed by atoms with Crippen molar-refractivity contribution in [3.63, 3.8) is 0 Å². The smallest absolute Gasteiger partial charge is 0.123 e. The van der Waals surface area contributed by atoms with Crippen molar-refractivity contribution < 1.29 is 4.74 Å². The van der Waals surface area contributed by atoms with Gasteiger partial charge in [0, 0.05) is 33.5 Å². The third-order valence-electron chi connectivity index (χ3n) is 3.78. The molecule has 3 nitrogen and oxygen atoms in total. The van der Waals surface area contributed by atoms with Gasteiger partial charge >= 0.3 is 0 Å². The van der Waals surface area contributed by atoms with Gasteiger partial charge in [0.2, 0.25) is 0 Å². The van der Waals surface area contributed by atoms with Crippen LogP contribution in [0.25, 0.3) is 0 Å². The number of aryl methyl sites for hydroxylation is 1. The molecular formula is C17H34N2OSi. The molecule has 1 aromatic heterocycles. The lowest BCUT2D eigenvalue weighted by Crippen LogP contribution is -2.22. The zero-order valence-corrected chi connectivity index (χ0v) is 15.5. The van der Waals surface area contributed by atoms with Crippen molar-refractivity contribution >= 4 is 8.07 Å². The molecule has 1 aromatic rings. The lowest BCUT2D eigenvalue weighted by molar-refractivity contribution is 0.0850. The van der Waals surface area contributed by atoms with E-state index in [1.54, 1.807) is 0 Å². The van der Waals surface area contributed by atoms with Crippen molar-refractivity contribution in [1.82, 2.24) is 9.55 Å². The summed E-state index contributed by atoms with van der Waals surface area (Å²) < 4.78 is 7.97. The van der Waals surface area contributed by atoms with Gasteiger partial charge in [-0.15, -0.1) is 0 Å². The number of rotatable bonds is 12. The van der Waals surface area contributed by atoms with Gasteiger partial charge in [0.05, 0.1) is 0 Å². The van der Waals surface area contributed by atoms with Crippen molar-refractivity contribution in [2.45, 2.75) is 84.3 Å². The molecule has 0 radical (unpaired) electrons. The average Bonchev–Trinajstić information content (AvgIpc) is 2.85. The molecule has 0 atom stereocenters. The molecule has 0 aliphatic carbocycles. The summed E-state index contributed by atoms with van der Waals surface area (Å²) in [6.45, 7) is 11.0. The Kier molecular flexibility index (Phi) is 8.93. The van der Waals surface area contributed by atoms with E-state index in [0.29, 0.717) is 6.73 Å². The predicted octanol–water partition coefficient (Wildman–Crippen LogP) is 5.10. The molecule has 0 aliphatic heterocycles. The van der Waals surface area contributed by atoms with E-state index in [1.807, 2.05) is 12.4 Å². The minimum atomic E-state index is -0.980. The lowest BCUT2D eigenvalue weighted by Gasteiger charge is -2.16. The Bertz CT molecular complexity index is 371. The summed E-state index contributed by atoms with van der Waals surface area (Å²) in [4.78, 5) is 4.47. The van der Waals surface area contributed by atoms with Gasteiger partial charge in [-0.05, 0) is 12.5 Å². The monoisotopic (exact) mass is 310 g/mol. The third kappa shape index (κ3) is 9.09. The Hall–Kier alpha value is -0.613. The summed E-state index contributed by atoms with van der Waals surface area (Å²) in [5.74, 6) is 1.18. The molecule has 0 saturated heterocycles. The van der Waals surface area contributed by atoms with Crippen LogP contribution in [0.15, 0.2) is 12.4 Å². The Labute approximate surface area is 132 Å². The highest BCUT2D eigenvalue weighted by Gasteiger charge is 2.12. The first-order chi connectivity index (χ1) is 10.0. The van der Waals surface area contributed by atoms with Crippen LogP contribution in [-0.2, 0) is 17.9 Å². The van der Waals surface area contributed by atoms with E-state index < -0.39 is 8.07 Å². The van der Waals surface area contributed by atoms with Crippen LogP contribution in [-0.4, -0.2) is 24.2 Å². The Morgan fingerprint density at radius 3 is 2.52 bits per heavy atom. The summed E-state index contributed by atoms with van der Waals surface area (Å²) in [5, 5.41) is 0. The second kappa shape index (κ2) is 10.2. The quantitative estimate of drug-likeness (QED) is 0.397. The predicted molar refractivity (Wildman–Crippen MR) is 93.4 cm³/mol. The number of ether oxygens (including phenoxy) is 1. The molecule has 4 heteroatoms. The molecule has 0 aliphatic rings. The lowest BCUT2D eigenvalue weighted by atomic mass is 10.1. The third-order valence-corrected chi connectivity index (χ3v) is 5.49. The van der Waals surface area contributed by atoms with Crippen molar-refractivity contribution in [3.8, 4) is 0 Å². The molecule has 0 amide bonds.